The Labute approximate surface area is 92.0 Å². The number of nitrogens with zero attached hydrogens (tertiary/aromatic N) is 3. The molecule has 0 aliphatic rings. The Bertz CT molecular complexity index is 405. The Hall–Kier alpha value is -2.36. The van der Waals surface area contributed by atoms with Crippen molar-refractivity contribution in [1.82, 2.24) is 9.97 Å². The van der Waals surface area contributed by atoms with Gasteiger partial charge >= 0.3 is 6.01 Å². The molecule has 1 aromatic rings. The van der Waals surface area contributed by atoms with Crippen LogP contribution in [0.2, 0.25) is 0 Å². The third-order valence-electron chi connectivity index (χ3n) is 1.58. The summed E-state index contributed by atoms with van der Waals surface area (Å²) in [7, 11) is 2.83. The van der Waals surface area contributed by atoms with Gasteiger partial charge in [-0.1, -0.05) is 0 Å². The zero-order chi connectivity index (χ0) is 12.0. The Morgan fingerprint density at radius 3 is 2.81 bits per heavy atom. The Balaban J connectivity index is 2.87. The van der Waals surface area contributed by atoms with Gasteiger partial charge in [-0.05, 0) is 0 Å². The molecule has 0 unspecified atom stereocenters. The molecule has 0 spiro atoms. The summed E-state index contributed by atoms with van der Waals surface area (Å²) in [5.41, 5.74) is 0. The number of methoxy groups -OCH3 is 2. The third kappa shape index (κ3) is 3.09. The van der Waals surface area contributed by atoms with E-state index in [1.165, 1.54) is 20.3 Å². The van der Waals surface area contributed by atoms with Gasteiger partial charge in [0.05, 0.1) is 20.3 Å². The molecule has 1 N–H and O–H groups in total. The van der Waals surface area contributed by atoms with Crippen molar-refractivity contribution in [3.8, 4) is 18.0 Å². The summed E-state index contributed by atoms with van der Waals surface area (Å²) in [6.07, 6.45) is -0.241. The maximum Gasteiger partial charge on any atom is 0.321 e. The molecule has 1 amide bonds. The number of anilines is 1. The van der Waals surface area contributed by atoms with Gasteiger partial charge in [-0.15, -0.1) is 0 Å². The van der Waals surface area contributed by atoms with Crippen LogP contribution in [0.1, 0.15) is 6.42 Å². The summed E-state index contributed by atoms with van der Waals surface area (Å²) in [5.74, 6) is 0.0355. The fourth-order valence-electron chi connectivity index (χ4n) is 0.923. The molecule has 0 saturated carbocycles. The highest BCUT2D eigenvalue weighted by Gasteiger charge is 2.07. The number of nitrogens with one attached hydrogen (secondary N) is 1. The molecular weight excluding hydrogens is 212 g/mol. The minimum Gasteiger partial charge on any atom is -0.481 e. The number of carbonyl (C=O) groups excluding carboxylic acids is 1. The summed E-state index contributed by atoms with van der Waals surface area (Å²) in [4.78, 5) is 18.9. The van der Waals surface area contributed by atoms with Crippen molar-refractivity contribution in [3.05, 3.63) is 6.07 Å². The van der Waals surface area contributed by atoms with Crippen LogP contribution in [0.15, 0.2) is 6.07 Å². The fraction of sp³-hybridized carbons (Fsp3) is 0.333. The Kier molecular flexibility index (Phi) is 4.03. The zero-order valence-electron chi connectivity index (χ0n) is 8.85. The molecule has 84 valence electrons. The van der Waals surface area contributed by atoms with Crippen LogP contribution in [0, 0.1) is 11.3 Å². The monoisotopic (exact) mass is 222 g/mol. The van der Waals surface area contributed by atoms with Crippen LogP contribution >= 0.6 is 0 Å². The van der Waals surface area contributed by atoms with Gasteiger partial charge < -0.3 is 14.8 Å². The number of amides is 1. The first kappa shape index (κ1) is 11.7. The summed E-state index contributed by atoms with van der Waals surface area (Å²) in [6, 6.07) is 3.23. The molecule has 1 aromatic heterocycles. The minimum absolute atomic E-state index is 0.0756. The molecule has 0 atom stereocenters. The largest absolute Gasteiger partial charge is 0.481 e. The highest BCUT2D eigenvalue weighted by atomic mass is 16.5. The van der Waals surface area contributed by atoms with Crippen molar-refractivity contribution in [3.63, 3.8) is 0 Å². The van der Waals surface area contributed by atoms with Gasteiger partial charge in [-0.3, -0.25) is 4.79 Å². The summed E-state index contributed by atoms with van der Waals surface area (Å²) < 4.78 is 9.71. The van der Waals surface area contributed by atoms with E-state index in [0.29, 0.717) is 0 Å². The average molecular weight is 222 g/mol. The number of carbonyl (C=O) groups is 1. The van der Waals surface area contributed by atoms with Gasteiger partial charge in [0.2, 0.25) is 11.8 Å². The van der Waals surface area contributed by atoms with E-state index in [9.17, 15) is 4.79 Å². The lowest BCUT2D eigenvalue weighted by atomic mass is 10.4. The quantitative estimate of drug-likeness (QED) is 0.789. The molecule has 0 saturated heterocycles. The Morgan fingerprint density at radius 2 is 2.25 bits per heavy atom. The van der Waals surface area contributed by atoms with Crippen LogP contribution in [-0.4, -0.2) is 30.1 Å². The predicted octanol–water partition coefficient (Wildman–Crippen LogP) is 0.346. The van der Waals surface area contributed by atoms with E-state index < -0.39 is 5.91 Å². The summed E-state index contributed by atoms with van der Waals surface area (Å²) >= 11 is 0. The summed E-state index contributed by atoms with van der Waals surface area (Å²) in [6.45, 7) is 0. The van der Waals surface area contributed by atoms with Gasteiger partial charge in [0.1, 0.15) is 12.2 Å². The number of hydrogen-bond acceptors (Lipinski definition) is 6. The zero-order valence-corrected chi connectivity index (χ0v) is 8.85. The molecule has 7 heteroatoms. The van der Waals surface area contributed by atoms with E-state index in [1.54, 1.807) is 6.07 Å². The minimum atomic E-state index is -0.453. The van der Waals surface area contributed by atoms with Crippen LogP contribution in [0.25, 0.3) is 0 Å². The molecule has 0 bridgehead atoms. The first-order chi connectivity index (χ1) is 7.69. The lowest BCUT2D eigenvalue weighted by Crippen LogP contribution is -2.12. The average Bonchev–Trinajstić information content (AvgIpc) is 2.28. The predicted molar refractivity (Wildman–Crippen MR) is 54.0 cm³/mol. The second-order valence-corrected chi connectivity index (χ2v) is 2.67. The standard InChI is InChI=1S/C9H10N4O3/c1-15-8-5-6(11-7(14)3-4-10)12-9(13-8)16-2/h5H,3H2,1-2H3,(H,11,12,13,14). The highest BCUT2D eigenvalue weighted by molar-refractivity contribution is 5.91. The van der Waals surface area contributed by atoms with Gasteiger partial charge in [0, 0.05) is 6.07 Å². The van der Waals surface area contributed by atoms with Crippen molar-refractivity contribution in [2.75, 3.05) is 19.5 Å². The van der Waals surface area contributed by atoms with Crippen LogP contribution < -0.4 is 14.8 Å². The molecular formula is C9H10N4O3. The number of ether oxygens (including phenoxy) is 2. The number of nitriles is 1. The molecule has 0 aliphatic heterocycles. The first-order valence-corrected chi connectivity index (χ1v) is 4.33. The first-order valence-electron chi connectivity index (χ1n) is 4.33. The van der Waals surface area contributed by atoms with E-state index in [4.69, 9.17) is 14.7 Å². The lowest BCUT2D eigenvalue weighted by Gasteiger charge is -2.06. The molecule has 0 aromatic carbocycles. The van der Waals surface area contributed by atoms with Crippen LogP contribution in [-0.2, 0) is 4.79 Å². The topological polar surface area (TPSA) is 97.1 Å². The van der Waals surface area contributed by atoms with Gasteiger partial charge in [-0.2, -0.15) is 15.2 Å². The normalized spacial score (nSPS) is 9.06. The van der Waals surface area contributed by atoms with Gasteiger partial charge in [0.25, 0.3) is 0 Å². The maximum atomic E-state index is 11.1. The van der Waals surface area contributed by atoms with Crippen molar-refractivity contribution in [2.24, 2.45) is 0 Å². The number of rotatable bonds is 4. The summed E-state index contributed by atoms with van der Waals surface area (Å²) in [5, 5.41) is 10.7. The molecule has 0 aliphatic carbocycles. The molecule has 16 heavy (non-hydrogen) atoms. The molecule has 0 radical (unpaired) electrons. The highest BCUT2D eigenvalue weighted by Crippen LogP contribution is 2.16. The Morgan fingerprint density at radius 1 is 1.50 bits per heavy atom. The van der Waals surface area contributed by atoms with E-state index in [1.807, 2.05) is 0 Å². The van der Waals surface area contributed by atoms with Crippen molar-refractivity contribution in [2.45, 2.75) is 6.42 Å². The second kappa shape index (κ2) is 5.50. The smallest absolute Gasteiger partial charge is 0.321 e. The number of aromatic nitrogens is 2. The molecule has 1 rings (SSSR count). The van der Waals surface area contributed by atoms with Crippen LogP contribution in [0.3, 0.4) is 0 Å². The molecule has 1 heterocycles. The fourth-order valence-corrected chi connectivity index (χ4v) is 0.923. The van der Waals surface area contributed by atoms with Crippen molar-refractivity contribution >= 4 is 11.7 Å². The van der Waals surface area contributed by atoms with Crippen LogP contribution in [0.4, 0.5) is 5.82 Å². The van der Waals surface area contributed by atoms with Crippen LogP contribution in [0.5, 0.6) is 11.9 Å². The van der Waals surface area contributed by atoms with Crippen molar-refractivity contribution < 1.29 is 14.3 Å². The molecule has 0 fully saturated rings. The van der Waals surface area contributed by atoms with E-state index in [2.05, 4.69) is 15.3 Å². The maximum absolute atomic E-state index is 11.1. The van der Waals surface area contributed by atoms with Gasteiger partial charge in [0.15, 0.2) is 0 Å². The van der Waals surface area contributed by atoms with E-state index in [0.717, 1.165) is 0 Å². The SMILES string of the molecule is COc1cc(NC(=O)CC#N)nc(OC)n1. The van der Waals surface area contributed by atoms with Gasteiger partial charge in [-0.25, -0.2) is 0 Å². The third-order valence-corrected chi connectivity index (χ3v) is 1.58. The van der Waals surface area contributed by atoms with E-state index in [-0.39, 0.29) is 24.1 Å². The van der Waals surface area contributed by atoms with E-state index >= 15 is 0 Å². The number of hydrogen-bond donors (Lipinski definition) is 1. The van der Waals surface area contributed by atoms with Crippen molar-refractivity contribution in [1.29, 1.82) is 5.26 Å². The second-order valence-electron chi connectivity index (χ2n) is 2.67. The lowest BCUT2D eigenvalue weighted by molar-refractivity contribution is -0.115. The molecule has 7 nitrogen and oxygen atoms in total.